The number of nitrogens with one attached hydrogen (secondary N) is 1. The molecule has 0 fully saturated rings. The van der Waals surface area contributed by atoms with Crippen LogP contribution in [0.4, 0.5) is 0 Å². The van der Waals surface area contributed by atoms with Gasteiger partial charge in [-0.3, -0.25) is 0 Å². The van der Waals surface area contributed by atoms with Crippen LogP contribution in [0, 0.1) is 6.92 Å². The van der Waals surface area contributed by atoms with Crippen LogP contribution in [0.15, 0.2) is 30.8 Å². The average Bonchev–Trinajstić information content (AvgIpc) is 2.85. The van der Waals surface area contributed by atoms with E-state index in [2.05, 4.69) is 45.9 Å². The summed E-state index contributed by atoms with van der Waals surface area (Å²) in [5.41, 5.74) is 6.11. The van der Waals surface area contributed by atoms with Crippen LogP contribution in [0.3, 0.4) is 0 Å². The zero-order chi connectivity index (χ0) is 14.3. The maximum absolute atomic E-state index is 5.34. The number of aryl methyl sites for hydroxylation is 1. The first-order valence-electron chi connectivity index (χ1n) is 6.64. The van der Waals surface area contributed by atoms with Crippen molar-refractivity contribution in [2.24, 2.45) is 0 Å². The molecule has 1 unspecified atom stereocenters. The molecule has 0 amide bonds. The summed E-state index contributed by atoms with van der Waals surface area (Å²) < 4.78 is 5.34. The first kappa shape index (κ1) is 13.2. The van der Waals surface area contributed by atoms with Crippen molar-refractivity contribution in [2.75, 3.05) is 7.11 Å². The van der Waals surface area contributed by atoms with E-state index in [0.717, 1.165) is 17.4 Å². The molecule has 0 saturated heterocycles. The number of ether oxygens (including phenoxy) is 1. The Kier molecular flexibility index (Phi) is 3.27. The van der Waals surface area contributed by atoms with Crippen molar-refractivity contribution in [3.05, 3.63) is 47.5 Å². The van der Waals surface area contributed by atoms with Crippen LogP contribution < -0.4 is 4.74 Å². The lowest BCUT2D eigenvalue weighted by Gasteiger charge is -2.09. The van der Waals surface area contributed by atoms with E-state index >= 15 is 0 Å². The summed E-state index contributed by atoms with van der Waals surface area (Å²) in [4.78, 5) is 3.51. The number of aromatic amines is 1. The second-order valence-electron chi connectivity index (χ2n) is 4.94. The molecule has 3 heteroatoms. The van der Waals surface area contributed by atoms with Gasteiger partial charge in [0.15, 0.2) is 0 Å². The molecule has 0 aliphatic carbocycles. The number of rotatable bonds is 3. The number of aromatic nitrogens is 1. The van der Waals surface area contributed by atoms with Gasteiger partial charge in [0, 0.05) is 16.3 Å². The van der Waals surface area contributed by atoms with Crippen molar-refractivity contribution < 1.29 is 4.74 Å². The number of benzene rings is 2. The summed E-state index contributed by atoms with van der Waals surface area (Å²) in [5, 5.41) is 2.46. The average molecular weight is 283 g/mol. The minimum Gasteiger partial charge on any atom is -0.497 e. The number of methoxy groups -OCH3 is 1. The normalized spacial score (nSPS) is 11.2. The Labute approximate surface area is 121 Å². The quantitative estimate of drug-likeness (QED) is 0.695. The zero-order valence-electron chi connectivity index (χ0n) is 11.8. The molecule has 0 bridgehead atoms. The molecule has 0 saturated carbocycles. The number of hydrogen-bond donors (Lipinski definition) is 1. The van der Waals surface area contributed by atoms with Gasteiger partial charge in [-0.1, -0.05) is 12.7 Å². The lowest BCUT2D eigenvalue weighted by molar-refractivity contribution is 0.415. The summed E-state index contributed by atoms with van der Waals surface area (Å²) in [6, 6.07) is 8.40. The molecule has 2 aromatic carbocycles. The van der Waals surface area contributed by atoms with Gasteiger partial charge in [0.25, 0.3) is 0 Å². The molecule has 1 N–H and O–H groups in total. The Hall–Kier alpha value is -1.79. The predicted molar refractivity (Wildman–Crippen MR) is 90.6 cm³/mol. The molecule has 0 aliphatic heterocycles. The molecule has 20 heavy (non-hydrogen) atoms. The lowest BCUT2D eigenvalue weighted by Crippen LogP contribution is -1.90. The number of H-pyrrole nitrogens is 1. The van der Waals surface area contributed by atoms with Crippen molar-refractivity contribution in [1.29, 1.82) is 0 Å². The van der Waals surface area contributed by atoms with Crippen LogP contribution in [-0.4, -0.2) is 12.1 Å². The van der Waals surface area contributed by atoms with Crippen LogP contribution in [0.5, 0.6) is 5.75 Å². The second kappa shape index (κ2) is 4.96. The summed E-state index contributed by atoms with van der Waals surface area (Å²) in [6.07, 6.45) is 2.87. The second-order valence-corrected chi connectivity index (χ2v) is 5.35. The highest BCUT2D eigenvalue weighted by atomic mass is 31.0. The SMILES string of the molecule is C=Cc1c(CP)cc2c([nH]c3ccc(OC)cc32)c1C. The maximum Gasteiger partial charge on any atom is 0.119 e. The van der Waals surface area contributed by atoms with Crippen LogP contribution in [0.1, 0.15) is 16.7 Å². The standard InChI is InChI=1S/C17H18NOP/c1-4-13-10(2)17-15(7-11(13)9-20)14-8-12(19-3)5-6-16(14)18-17/h4-8,18H,1,9,20H2,2-3H3. The highest BCUT2D eigenvalue weighted by Crippen LogP contribution is 2.34. The topological polar surface area (TPSA) is 25.0 Å². The molecule has 0 aliphatic rings. The summed E-state index contributed by atoms with van der Waals surface area (Å²) in [7, 11) is 4.50. The zero-order valence-corrected chi connectivity index (χ0v) is 12.9. The van der Waals surface area contributed by atoms with Gasteiger partial charge in [-0.25, -0.2) is 0 Å². The molecule has 0 radical (unpaired) electrons. The Morgan fingerprint density at radius 1 is 1.30 bits per heavy atom. The van der Waals surface area contributed by atoms with Gasteiger partial charge < -0.3 is 9.72 Å². The monoisotopic (exact) mass is 283 g/mol. The van der Waals surface area contributed by atoms with Crippen LogP contribution in [-0.2, 0) is 6.16 Å². The van der Waals surface area contributed by atoms with E-state index in [4.69, 9.17) is 4.74 Å². The predicted octanol–water partition coefficient (Wildman–Crippen LogP) is 4.66. The van der Waals surface area contributed by atoms with Gasteiger partial charge in [0.05, 0.1) is 12.6 Å². The Morgan fingerprint density at radius 3 is 2.75 bits per heavy atom. The van der Waals surface area contributed by atoms with Gasteiger partial charge >= 0.3 is 0 Å². The lowest BCUT2D eigenvalue weighted by atomic mass is 9.98. The Bertz CT molecular complexity index is 817. The third-order valence-electron chi connectivity index (χ3n) is 3.91. The third-order valence-corrected chi connectivity index (χ3v) is 4.35. The molecule has 3 rings (SSSR count). The molecular weight excluding hydrogens is 265 g/mol. The van der Waals surface area contributed by atoms with Crippen LogP contribution in [0.2, 0.25) is 0 Å². The van der Waals surface area contributed by atoms with Crippen molar-refractivity contribution in [2.45, 2.75) is 13.1 Å². The fourth-order valence-electron chi connectivity index (χ4n) is 2.85. The number of fused-ring (bicyclic) bond motifs is 3. The van der Waals surface area contributed by atoms with Gasteiger partial charge in [0.1, 0.15) is 5.75 Å². The van der Waals surface area contributed by atoms with E-state index in [1.165, 1.54) is 33.0 Å². The van der Waals surface area contributed by atoms with Crippen molar-refractivity contribution in [1.82, 2.24) is 4.98 Å². The van der Waals surface area contributed by atoms with Gasteiger partial charge in [0.2, 0.25) is 0 Å². The summed E-state index contributed by atoms with van der Waals surface area (Å²) in [6.45, 7) is 6.09. The molecule has 1 atom stereocenters. The minimum absolute atomic E-state index is 0.885. The van der Waals surface area contributed by atoms with Crippen LogP contribution >= 0.6 is 9.24 Å². The van der Waals surface area contributed by atoms with E-state index in [9.17, 15) is 0 Å². The molecule has 3 aromatic rings. The molecule has 1 aromatic heterocycles. The van der Waals surface area contributed by atoms with Gasteiger partial charge in [-0.15, -0.1) is 9.24 Å². The molecule has 1 heterocycles. The van der Waals surface area contributed by atoms with Crippen molar-refractivity contribution in [3.63, 3.8) is 0 Å². The van der Waals surface area contributed by atoms with E-state index in [1.54, 1.807) is 7.11 Å². The first-order chi connectivity index (χ1) is 9.69. The molecule has 2 nitrogen and oxygen atoms in total. The fraction of sp³-hybridized carbons (Fsp3) is 0.176. The minimum atomic E-state index is 0.885. The van der Waals surface area contributed by atoms with Gasteiger partial charge in [-0.05, 0) is 54.0 Å². The summed E-state index contributed by atoms with van der Waals surface area (Å²) in [5.74, 6) is 0.885. The fourth-order valence-corrected chi connectivity index (χ4v) is 3.18. The van der Waals surface area contributed by atoms with E-state index in [0.29, 0.717) is 0 Å². The van der Waals surface area contributed by atoms with E-state index in [1.807, 2.05) is 12.1 Å². The van der Waals surface area contributed by atoms with Crippen molar-refractivity contribution in [3.8, 4) is 5.75 Å². The maximum atomic E-state index is 5.34. The van der Waals surface area contributed by atoms with E-state index in [-0.39, 0.29) is 0 Å². The Morgan fingerprint density at radius 2 is 2.10 bits per heavy atom. The highest BCUT2D eigenvalue weighted by molar-refractivity contribution is 7.15. The van der Waals surface area contributed by atoms with Gasteiger partial charge in [-0.2, -0.15) is 0 Å². The molecule has 0 spiro atoms. The van der Waals surface area contributed by atoms with Crippen LogP contribution in [0.25, 0.3) is 27.9 Å². The third kappa shape index (κ3) is 1.83. The molecule has 102 valence electrons. The highest BCUT2D eigenvalue weighted by Gasteiger charge is 2.12. The smallest absolute Gasteiger partial charge is 0.119 e. The summed E-state index contributed by atoms with van der Waals surface area (Å²) >= 11 is 0. The Balaban J connectivity index is 2.46. The first-order valence-corrected chi connectivity index (χ1v) is 7.45. The van der Waals surface area contributed by atoms with E-state index < -0.39 is 0 Å². The largest absolute Gasteiger partial charge is 0.497 e. The number of hydrogen-bond acceptors (Lipinski definition) is 1. The molecular formula is C17H18NOP. The van der Waals surface area contributed by atoms with Crippen molar-refractivity contribution >= 4 is 37.1 Å².